The molecule has 2 unspecified atom stereocenters. The summed E-state index contributed by atoms with van der Waals surface area (Å²) in [5.74, 6) is -1.74. The number of esters is 3. The molecule has 3 rings (SSSR count). The first-order valence-electron chi connectivity index (χ1n) is 23.3. The van der Waals surface area contributed by atoms with Crippen LogP contribution in [0.1, 0.15) is 0 Å². The molecule has 2 aliphatic rings. The van der Waals surface area contributed by atoms with E-state index in [1.165, 1.54) is 27.4 Å². The number of hydrogen-bond donors (Lipinski definition) is 8. The smallest absolute Gasteiger partial charge is 0.403 e. The third kappa shape index (κ3) is 25.2. The Bertz CT molecular complexity index is 2200. The molecule has 29 nitrogen and oxygen atoms in total. The SMILES string of the molecule is COC(=O)CN1CCN(CC(O)CNS(=O)(=O)c2cccc(S(=O)(=O)NCC(O)CN3CCN(CC(=O)OC)CCN(P(=O)(O)O)CCN(CC(=O)OC)CC3)c2)CCN(CC=O)CCN(CP(=O)(O)O)CC1. The summed E-state index contributed by atoms with van der Waals surface area (Å²) >= 11 is 0. The lowest BCUT2D eigenvalue weighted by atomic mass is 10.3. The van der Waals surface area contributed by atoms with Crippen molar-refractivity contribution in [3.8, 4) is 0 Å². The molecule has 0 amide bonds. The van der Waals surface area contributed by atoms with Gasteiger partial charge >= 0.3 is 33.3 Å². The van der Waals surface area contributed by atoms with E-state index in [9.17, 15) is 74.9 Å². The van der Waals surface area contributed by atoms with Crippen molar-refractivity contribution in [2.45, 2.75) is 22.0 Å². The lowest BCUT2D eigenvalue weighted by Crippen LogP contribution is -2.49. The van der Waals surface area contributed by atoms with Crippen LogP contribution in [0.15, 0.2) is 34.1 Å². The van der Waals surface area contributed by atoms with Crippen molar-refractivity contribution in [1.82, 2.24) is 48.4 Å². The molecule has 2 fully saturated rings. The minimum absolute atomic E-state index is 0.0196. The number of hydrogen-bond acceptors (Lipinski definition) is 22. The van der Waals surface area contributed by atoms with Crippen molar-refractivity contribution in [2.75, 3.05) is 185 Å². The Labute approximate surface area is 426 Å². The largest absolute Gasteiger partial charge is 0.468 e. The van der Waals surface area contributed by atoms with Crippen molar-refractivity contribution >= 4 is 59.6 Å². The molecule has 2 atom stereocenters. The average molecular weight is 1130 g/mol. The molecule has 0 aromatic heterocycles. The number of carbonyl (C=O) groups is 4. The minimum Gasteiger partial charge on any atom is -0.468 e. The van der Waals surface area contributed by atoms with Crippen LogP contribution in [0.5, 0.6) is 0 Å². The first kappa shape index (κ1) is 64.3. The average Bonchev–Trinajstić information content (AvgIpc) is 3.32. The lowest BCUT2D eigenvalue weighted by Gasteiger charge is -2.34. The molecule has 2 aliphatic heterocycles. The summed E-state index contributed by atoms with van der Waals surface area (Å²) in [4.78, 5) is 98.5. The van der Waals surface area contributed by atoms with Crippen LogP contribution >= 0.6 is 15.3 Å². The van der Waals surface area contributed by atoms with Gasteiger partial charge in [-0.15, -0.1) is 0 Å². The number of aliphatic hydroxyl groups excluding tert-OH is 2. The van der Waals surface area contributed by atoms with Crippen molar-refractivity contribution in [3.05, 3.63) is 24.3 Å². The number of nitrogens with one attached hydrogen (secondary N) is 2. The molecular weight excluding hydrogens is 1050 g/mol. The molecule has 420 valence electrons. The lowest BCUT2D eigenvalue weighted by molar-refractivity contribution is -0.143. The molecule has 0 saturated carbocycles. The van der Waals surface area contributed by atoms with E-state index in [4.69, 9.17) is 14.2 Å². The number of carbonyl (C=O) groups excluding carboxylic acids is 4. The van der Waals surface area contributed by atoms with Crippen LogP contribution < -0.4 is 9.44 Å². The second-order valence-electron chi connectivity index (χ2n) is 17.5. The number of ether oxygens (including phenoxy) is 3. The van der Waals surface area contributed by atoms with Crippen LogP contribution in [0.3, 0.4) is 0 Å². The summed E-state index contributed by atoms with van der Waals surface area (Å²) in [6.45, 7) is 0.682. The standard InChI is InChI=1S/C40H74N10O19P2S2/c1-67-38(54)30-46-13-10-44(9-7-43(23-24-51)8-17-49(18-16-46)33-70(57,58)59)28-34(52)26-41-72(63,64)36-5-4-6-37(25-36)73(65,66)42-27-35(53)29-45-11-14-47(31-39(55)68-2)19-21-50(71(60,61)62)22-20-48(15-12-45)32-40(56)69-3/h4-6,24-25,34-35,41-42,52-53H,7-23,26-33H2,1-3H3,(H2,57,58,59)(H2,60,61,62). The maximum absolute atomic E-state index is 13.5. The summed E-state index contributed by atoms with van der Waals surface area (Å²) in [6.07, 6.45) is -2.46. The summed E-state index contributed by atoms with van der Waals surface area (Å²) in [7, 11) is -14.4. The zero-order valence-electron chi connectivity index (χ0n) is 41.5. The number of aliphatic hydroxyl groups is 2. The molecule has 33 heteroatoms. The topological polar surface area (TPSA) is 370 Å². The highest BCUT2D eigenvalue weighted by Gasteiger charge is 2.30. The van der Waals surface area contributed by atoms with Crippen molar-refractivity contribution < 1.29 is 89.1 Å². The maximum atomic E-state index is 13.5. The third-order valence-electron chi connectivity index (χ3n) is 12.0. The monoisotopic (exact) mass is 1120 g/mol. The van der Waals surface area contributed by atoms with Gasteiger partial charge in [0.2, 0.25) is 20.0 Å². The summed E-state index contributed by atoms with van der Waals surface area (Å²) in [6, 6.07) is 4.43. The molecule has 0 bridgehead atoms. The first-order valence-corrected chi connectivity index (χ1v) is 29.6. The predicted octanol–water partition coefficient (Wildman–Crippen LogP) is -5.65. The van der Waals surface area contributed by atoms with Gasteiger partial charge in [-0.25, -0.2) is 35.5 Å². The predicted molar refractivity (Wildman–Crippen MR) is 262 cm³/mol. The normalized spacial score (nSPS) is 19.8. The second kappa shape index (κ2) is 31.3. The van der Waals surface area contributed by atoms with Gasteiger partial charge in [0.25, 0.3) is 0 Å². The van der Waals surface area contributed by atoms with Crippen LogP contribution in [0.25, 0.3) is 0 Å². The maximum Gasteiger partial charge on any atom is 0.403 e. The molecule has 0 spiro atoms. The van der Waals surface area contributed by atoms with Gasteiger partial charge in [0.1, 0.15) is 12.6 Å². The first-order chi connectivity index (χ1) is 34.2. The summed E-state index contributed by atoms with van der Waals surface area (Å²) in [5, 5.41) is 22.2. The molecule has 2 heterocycles. The fourth-order valence-electron chi connectivity index (χ4n) is 7.75. The molecule has 1 aromatic rings. The van der Waals surface area contributed by atoms with Crippen LogP contribution in [0, 0.1) is 0 Å². The van der Waals surface area contributed by atoms with E-state index in [0.717, 1.165) is 22.9 Å². The van der Waals surface area contributed by atoms with E-state index in [0.29, 0.717) is 12.8 Å². The van der Waals surface area contributed by atoms with Gasteiger partial charge in [0.05, 0.1) is 69.5 Å². The Hall–Kier alpha value is -2.98. The number of methoxy groups -OCH3 is 3. The fraction of sp³-hybridized carbons (Fsp3) is 0.750. The minimum atomic E-state index is -4.73. The Morgan fingerprint density at radius 1 is 0.575 bits per heavy atom. The van der Waals surface area contributed by atoms with Crippen LogP contribution in [-0.4, -0.2) is 307 Å². The van der Waals surface area contributed by atoms with Gasteiger partial charge < -0.3 is 48.8 Å². The Morgan fingerprint density at radius 3 is 1.23 bits per heavy atom. The molecule has 1 aromatic carbocycles. The van der Waals surface area contributed by atoms with Gasteiger partial charge in [-0.05, 0) is 18.2 Å². The Morgan fingerprint density at radius 2 is 0.904 bits per heavy atom. The van der Waals surface area contributed by atoms with E-state index in [1.54, 1.807) is 29.4 Å². The Kier molecular flexibility index (Phi) is 27.6. The molecule has 0 radical (unpaired) electrons. The molecule has 8 N–H and O–H groups in total. The highest BCUT2D eigenvalue weighted by molar-refractivity contribution is 7.90. The number of nitrogens with zero attached hydrogens (tertiary/aromatic N) is 8. The van der Waals surface area contributed by atoms with Crippen LogP contribution in [-0.2, 0) is 62.6 Å². The quantitative estimate of drug-likeness (QED) is 0.0219. The summed E-state index contributed by atoms with van der Waals surface area (Å²) in [5.41, 5.74) is 0. The van der Waals surface area contributed by atoms with E-state index >= 15 is 0 Å². The van der Waals surface area contributed by atoms with E-state index in [-0.39, 0.29) is 137 Å². The third-order valence-corrected chi connectivity index (χ3v) is 16.7. The van der Waals surface area contributed by atoms with Crippen molar-refractivity contribution in [2.24, 2.45) is 0 Å². The number of aldehydes is 1. The van der Waals surface area contributed by atoms with Crippen LogP contribution in [0.2, 0.25) is 0 Å². The number of benzene rings is 1. The van der Waals surface area contributed by atoms with Gasteiger partial charge in [-0.2, -0.15) is 0 Å². The van der Waals surface area contributed by atoms with E-state index in [1.807, 2.05) is 4.90 Å². The zero-order valence-corrected chi connectivity index (χ0v) is 44.9. The number of sulfonamides is 2. The second-order valence-corrected chi connectivity index (χ2v) is 24.2. The van der Waals surface area contributed by atoms with Gasteiger partial charge in [0, 0.05) is 131 Å². The highest BCUT2D eigenvalue weighted by atomic mass is 32.2. The van der Waals surface area contributed by atoms with Crippen LogP contribution in [0.4, 0.5) is 0 Å². The molecular formula is C40H74N10O19P2S2. The van der Waals surface area contributed by atoms with Crippen molar-refractivity contribution in [3.63, 3.8) is 0 Å². The Balaban J connectivity index is 1.69. The summed E-state index contributed by atoms with van der Waals surface area (Å²) < 4.78 is 98.2. The zero-order chi connectivity index (χ0) is 54.4. The van der Waals surface area contributed by atoms with E-state index < -0.39 is 94.7 Å². The van der Waals surface area contributed by atoms with E-state index in [2.05, 4.69) is 9.44 Å². The van der Waals surface area contributed by atoms with Gasteiger partial charge in [-0.3, -0.25) is 53.2 Å². The van der Waals surface area contributed by atoms with Gasteiger partial charge in [0.15, 0.2) is 0 Å². The number of rotatable bonds is 23. The highest BCUT2D eigenvalue weighted by Crippen LogP contribution is 2.39. The molecule has 2 saturated heterocycles. The van der Waals surface area contributed by atoms with Crippen molar-refractivity contribution in [1.29, 1.82) is 0 Å². The molecule has 0 aliphatic carbocycles. The molecule has 73 heavy (non-hydrogen) atoms. The van der Waals surface area contributed by atoms with Gasteiger partial charge in [-0.1, -0.05) is 6.07 Å². The fourth-order valence-corrected chi connectivity index (χ4v) is 11.6. The number of β-amino-alcohol motifs (C(OH)–C–C–N with tert-alkyl or cyclic N) is 2.